The van der Waals surface area contributed by atoms with Crippen LogP contribution in [0.1, 0.15) is 12.0 Å². The molecule has 1 aliphatic carbocycles. The molecule has 15 heavy (non-hydrogen) atoms. The van der Waals surface area contributed by atoms with Crippen LogP contribution in [0.4, 0.5) is 17.6 Å². The molecule has 2 rings (SSSR count). The zero-order valence-corrected chi connectivity index (χ0v) is 7.74. The van der Waals surface area contributed by atoms with Crippen molar-refractivity contribution >= 4 is 0 Å². The van der Waals surface area contributed by atoms with Gasteiger partial charge in [0.1, 0.15) is 0 Å². The zero-order chi connectivity index (χ0) is 11.3. The average Bonchev–Trinajstić information content (AvgIpc) is 2.75. The van der Waals surface area contributed by atoms with Gasteiger partial charge in [0.2, 0.25) is 0 Å². The zero-order valence-electron chi connectivity index (χ0n) is 7.74. The maximum atomic E-state index is 13.1. The maximum Gasteiger partial charge on any atom is 0.260 e. The largest absolute Gasteiger partial charge is 0.329 e. The van der Waals surface area contributed by atoms with E-state index in [2.05, 4.69) is 0 Å². The van der Waals surface area contributed by atoms with E-state index in [4.69, 9.17) is 5.73 Å². The van der Waals surface area contributed by atoms with Gasteiger partial charge in [-0.3, -0.25) is 0 Å². The van der Waals surface area contributed by atoms with Crippen molar-refractivity contribution in [3.05, 3.63) is 35.4 Å². The minimum absolute atomic E-state index is 0.0638. The lowest BCUT2D eigenvalue weighted by Gasteiger charge is -2.14. The summed E-state index contributed by atoms with van der Waals surface area (Å²) in [6, 6.07) is 2.80. The van der Waals surface area contributed by atoms with E-state index < -0.39 is 29.4 Å². The van der Waals surface area contributed by atoms with Crippen molar-refractivity contribution in [1.29, 1.82) is 0 Å². The first-order valence-electron chi connectivity index (χ1n) is 4.46. The van der Waals surface area contributed by atoms with Crippen molar-refractivity contribution in [2.75, 3.05) is 6.54 Å². The Morgan fingerprint density at radius 3 is 2.20 bits per heavy atom. The Balaban J connectivity index is 2.42. The molecule has 0 radical (unpaired) electrons. The molecule has 2 N–H and O–H groups in total. The monoisotopic (exact) mass is 219 g/mol. The third kappa shape index (κ3) is 1.33. The Kier molecular flexibility index (Phi) is 2.05. The lowest BCUT2D eigenvalue weighted by molar-refractivity contribution is 0.0895. The number of alkyl halides is 2. The van der Waals surface area contributed by atoms with E-state index in [1.807, 2.05) is 0 Å². The SMILES string of the molecule is NCC1(c2ccc(F)c(F)c2)CC1(F)F. The lowest BCUT2D eigenvalue weighted by Crippen LogP contribution is -2.26. The molecule has 1 aromatic carbocycles. The van der Waals surface area contributed by atoms with Gasteiger partial charge in [-0.15, -0.1) is 0 Å². The van der Waals surface area contributed by atoms with Gasteiger partial charge in [-0.2, -0.15) is 0 Å². The normalized spacial score (nSPS) is 27.8. The number of nitrogens with two attached hydrogens (primary N) is 1. The van der Waals surface area contributed by atoms with Crippen LogP contribution in [0, 0.1) is 11.6 Å². The highest BCUT2D eigenvalue weighted by Crippen LogP contribution is 2.60. The quantitative estimate of drug-likeness (QED) is 0.758. The molecule has 0 amide bonds. The van der Waals surface area contributed by atoms with Crippen molar-refractivity contribution in [1.82, 2.24) is 0 Å². The van der Waals surface area contributed by atoms with Crippen LogP contribution in [0.15, 0.2) is 18.2 Å². The first-order chi connectivity index (χ1) is 6.93. The molecule has 0 bridgehead atoms. The first-order valence-corrected chi connectivity index (χ1v) is 4.46. The van der Waals surface area contributed by atoms with Crippen molar-refractivity contribution in [2.24, 2.45) is 5.73 Å². The molecule has 1 aromatic rings. The van der Waals surface area contributed by atoms with Gasteiger partial charge < -0.3 is 5.73 Å². The van der Waals surface area contributed by atoms with Gasteiger partial charge in [-0.05, 0) is 17.7 Å². The summed E-state index contributed by atoms with van der Waals surface area (Å²) in [5, 5.41) is 0. The van der Waals surface area contributed by atoms with Crippen LogP contribution < -0.4 is 5.73 Å². The number of rotatable bonds is 2. The number of hydrogen-bond acceptors (Lipinski definition) is 1. The molecule has 1 fully saturated rings. The smallest absolute Gasteiger partial charge is 0.260 e. The molecular weight excluding hydrogens is 210 g/mol. The molecule has 0 aliphatic heterocycles. The second-order valence-corrected chi connectivity index (χ2v) is 3.80. The highest BCUT2D eigenvalue weighted by Gasteiger charge is 2.71. The molecular formula is C10H9F4N. The molecule has 1 nitrogen and oxygen atoms in total. The van der Waals surface area contributed by atoms with Crippen LogP contribution in [0.2, 0.25) is 0 Å². The minimum atomic E-state index is -2.91. The molecule has 0 aromatic heterocycles. The summed E-state index contributed by atoms with van der Waals surface area (Å²) in [6.07, 6.45) is -0.401. The van der Waals surface area contributed by atoms with Crippen LogP contribution >= 0.6 is 0 Å². The average molecular weight is 219 g/mol. The highest BCUT2D eigenvalue weighted by atomic mass is 19.3. The van der Waals surface area contributed by atoms with Crippen LogP contribution in [0.5, 0.6) is 0 Å². The minimum Gasteiger partial charge on any atom is -0.329 e. The summed E-state index contributed by atoms with van der Waals surface area (Å²) >= 11 is 0. The number of benzene rings is 1. The summed E-state index contributed by atoms with van der Waals surface area (Å²) in [6.45, 7) is -0.273. The molecule has 5 heteroatoms. The fourth-order valence-electron chi connectivity index (χ4n) is 1.78. The standard InChI is InChI=1S/C10H9F4N/c11-7-2-1-6(3-8(7)12)9(5-15)4-10(9,13)14/h1-3H,4-5,15H2. The van der Waals surface area contributed by atoms with E-state index >= 15 is 0 Å². The fraction of sp³-hybridized carbons (Fsp3) is 0.400. The summed E-state index contributed by atoms with van der Waals surface area (Å²) in [7, 11) is 0. The molecule has 1 aliphatic rings. The lowest BCUT2D eigenvalue weighted by atomic mass is 9.95. The van der Waals surface area contributed by atoms with Crippen molar-refractivity contribution < 1.29 is 17.6 Å². The highest BCUT2D eigenvalue weighted by molar-refractivity contribution is 5.38. The number of hydrogen-bond donors (Lipinski definition) is 1. The maximum absolute atomic E-state index is 13.1. The summed E-state index contributed by atoms with van der Waals surface area (Å²) in [5.41, 5.74) is 3.83. The molecule has 0 spiro atoms. The Bertz CT molecular complexity index is 404. The molecule has 0 saturated heterocycles. The van der Waals surface area contributed by atoms with Crippen molar-refractivity contribution in [3.8, 4) is 0 Å². The van der Waals surface area contributed by atoms with Crippen LogP contribution in [0.25, 0.3) is 0 Å². The predicted octanol–water partition coefficient (Wildman–Crippen LogP) is 2.20. The van der Waals surface area contributed by atoms with Crippen molar-refractivity contribution in [3.63, 3.8) is 0 Å². The van der Waals surface area contributed by atoms with Gasteiger partial charge >= 0.3 is 0 Å². The van der Waals surface area contributed by atoms with Gasteiger partial charge in [0.05, 0.1) is 5.41 Å². The van der Waals surface area contributed by atoms with E-state index in [1.54, 1.807) is 0 Å². The van der Waals surface area contributed by atoms with Gasteiger partial charge in [0, 0.05) is 13.0 Å². The summed E-state index contributed by atoms with van der Waals surface area (Å²) < 4.78 is 51.6. The fourth-order valence-corrected chi connectivity index (χ4v) is 1.78. The Labute approximate surface area is 83.9 Å². The Morgan fingerprint density at radius 2 is 1.80 bits per heavy atom. The third-order valence-electron chi connectivity index (χ3n) is 2.92. The van der Waals surface area contributed by atoms with Gasteiger partial charge in [0.25, 0.3) is 5.92 Å². The Hall–Kier alpha value is -1.10. The molecule has 0 heterocycles. The first kappa shape index (κ1) is 10.4. The molecule has 82 valence electrons. The third-order valence-corrected chi connectivity index (χ3v) is 2.92. The van der Waals surface area contributed by atoms with Gasteiger partial charge in [-0.25, -0.2) is 17.6 Å². The Morgan fingerprint density at radius 1 is 1.20 bits per heavy atom. The second kappa shape index (κ2) is 2.95. The second-order valence-electron chi connectivity index (χ2n) is 3.80. The molecule has 1 atom stereocenters. The van der Waals surface area contributed by atoms with E-state index in [-0.39, 0.29) is 12.1 Å². The number of halogens is 4. The van der Waals surface area contributed by atoms with Crippen LogP contribution in [-0.2, 0) is 5.41 Å². The van der Waals surface area contributed by atoms with E-state index in [0.717, 1.165) is 18.2 Å². The van der Waals surface area contributed by atoms with Gasteiger partial charge in [0.15, 0.2) is 11.6 Å². The van der Waals surface area contributed by atoms with Gasteiger partial charge in [-0.1, -0.05) is 6.07 Å². The summed E-state index contributed by atoms with van der Waals surface area (Å²) in [4.78, 5) is 0. The summed E-state index contributed by atoms with van der Waals surface area (Å²) in [5.74, 6) is -5.08. The molecule has 1 saturated carbocycles. The van der Waals surface area contributed by atoms with E-state index in [9.17, 15) is 17.6 Å². The van der Waals surface area contributed by atoms with Crippen molar-refractivity contribution in [2.45, 2.75) is 17.8 Å². The van der Waals surface area contributed by atoms with E-state index in [0.29, 0.717) is 0 Å². The van der Waals surface area contributed by atoms with Crippen LogP contribution in [0.3, 0.4) is 0 Å². The topological polar surface area (TPSA) is 26.0 Å². The van der Waals surface area contributed by atoms with E-state index in [1.165, 1.54) is 0 Å². The predicted molar refractivity (Wildman–Crippen MR) is 46.7 cm³/mol. The molecule has 1 unspecified atom stereocenters. The van der Waals surface area contributed by atoms with Crippen LogP contribution in [-0.4, -0.2) is 12.5 Å².